The van der Waals surface area contributed by atoms with Gasteiger partial charge in [-0.1, -0.05) is 57.5 Å². The van der Waals surface area contributed by atoms with Gasteiger partial charge in [-0.25, -0.2) is 0 Å². The molecule has 0 heterocycles. The van der Waals surface area contributed by atoms with E-state index in [-0.39, 0.29) is 11.8 Å². The number of hydrogen-bond acceptors (Lipinski definition) is 3. The first-order valence-electron chi connectivity index (χ1n) is 6.65. The van der Waals surface area contributed by atoms with E-state index in [1.807, 2.05) is 55.5 Å². The van der Waals surface area contributed by atoms with Crippen LogP contribution in [-0.4, -0.2) is 17.6 Å². The van der Waals surface area contributed by atoms with Gasteiger partial charge in [-0.3, -0.25) is 0 Å². The molecule has 0 bridgehead atoms. The molecule has 2 rings (SSSR count). The molecule has 0 saturated heterocycles. The van der Waals surface area contributed by atoms with Gasteiger partial charge in [0.2, 0.25) is 0 Å². The molecule has 1 unspecified atom stereocenters. The topological polar surface area (TPSA) is 70.6 Å². The number of oxime groups is 1. The molecule has 1 atom stereocenters. The molecule has 0 spiro atoms. The molecule has 0 aromatic heterocycles. The second kappa shape index (κ2) is 7.13. The maximum Gasteiger partial charge on any atom is 0.148 e. The lowest BCUT2D eigenvalue weighted by molar-refractivity contribution is 0.316. The second-order valence-corrected chi connectivity index (χ2v) is 5.64. The van der Waals surface area contributed by atoms with Gasteiger partial charge in [0, 0.05) is 16.7 Å². The van der Waals surface area contributed by atoms with Crippen LogP contribution < -0.4 is 11.1 Å². The molecule has 0 fully saturated rings. The molecule has 0 aliphatic rings. The Morgan fingerprint density at radius 1 is 1.24 bits per heavy atom. The van der Waals surface area contributed by atoms with E-state index in [1.54, 1.807) is 0 Å². The van der Waals surface area contributed by atoms with Crippen LogP contribution in [-0.2, 0) is 0 Å². The molecule has 4 nitrogen and oxygen atoms in total. The Hall–Kier alpha value is -2.01. The minimum atomic E-state index is -0.186. The summed E-state index contributed by atoms with van der Waals surface area (Å²) in [6, 6.07) is 15.7. The summed E-state index contributed by atoms with van der Waals surface area (Å²) in [4.78, 5) is 0. The summed E-state index contributed by atoms with van der Waals surface area (Å²) in [5, 5.41) is 15.5. The zero-order valence-corrected chi connectivity index (χ0v) is 13.3. The average molecular weight is 348 g/mol. The highest BCUT2D eigenvalue weighted by Crippen LogP contribution is 2.25. The Morgan fingerprint density at radius 2 is 1.95 bits per heavy atom. The van der Waals surface area contributed by atoms with Gasteiger partial charge in [0.25, 0.3) is 0 Å². The highest BCUT2D eigenvalue weighted by Gasteiger charge is 2.16. The van der Waals surface area contributed by atoms with Crippen LogP contribution in [0.2, 0.25) is 0 Å². The Kier molecular flexibility index (Phi) is 5.22. The number of nitrogens with zero attached hydrogens (tertiary/aromatic N) is 1. The van der Waals surface area contributed by atoms with Crippen molar-refractivity contribution in [3.8, 4) is 0 Å². The van der Waals surface area contributed by atoms with Crippen LogP contribution in [0, 0.1) is 6.92 Å². The molecule has 0 saturated carbocycles. The van der Waals surface area contributed by atoms with E-state index in [0.29, 0.717) is 6.54 Å². The lowest BCUT2D eigenvalue weighted by Gasteiger charge is -2.18. The van der Waals surface area contributed by atoms with Crippen molar-refractivity contribution in [2.75, 3.05) is 11.9 Å². The first-order chi connectivity index (χ1) is 10.1. The van der Waals surface area contributed by atoms with Crippen LogP contribution in [0.25, 0.3) is 0 Å². The van der Waals surface area contributed by atoms with E-state index in [0.717, 1.165) is 21.3 Å². The monoisotopic (exact) mass is 347 g/mol. The lowest BCUT2D eigenvalue weighted by atomic mass is 9.98. The normalized spacial score (nSPS) is 13.0. The van der Waals surface area contributed by atoms with E-state index < -0.39 is 0 Å². The SMILES string of the molecule is Cc1c(Br)cccc1NCC(/C(N)=N/O)c1ccccc1. The van der Waals surface area contributed by atoms with Crippen molar-refractivity contribution >= 4 is 27.5 Å². The van der Waals surface area contributed by atoms with Crippen LogP contribution in [0.1, 0.15) is 17.0 Å². The fourth-order valence-electron chi connectivity index (χ4n) is 2.16. The summed E-state index contributed by atoms with van der Waals surface area (Å²) in [5.74, 6) is 0.0101. The van der Waals surface area contributed by atoms with E-state index in [1.165, 1.54) is 0 Å². The van der Waals surface area contributed by atoms with E-state index in [4.69, 9.17) is 10.9 Å². The Bertz CT molecular complexity index is 629. The Morgan fingerprint density at radius 3 is 2.62 bits per heavy atom. The number of hydrogen-bond donors (Lipinski definition) is 3. The summed E-state index contributed by atoms with van der Waals surface area (Å²) in [7, 11) is 0. The van der Waals surface area contributed by atoms with Gasteiger partial charge in [0.1, 0.15) is 5.84 Å². The number of benzene rings is 2. The molecule has 0 aliphatic carbocycles. The molecule has 21 heavy (non-hydrogen) atoms. The van der Waals surface area contributed by atoms with Gasteiger partial charge < -0.3 is 16.3 Å². The van der Waals surface area contributed by atoms with Gasteiger partial charge in [-0.2, -0.15) is 0 Å². The van der Waals surface area contributed by atoms with Crippen LogP contribution in [0.4, 0.5) is 5.69 Å². The third kappa shape index (κ3) is 3.76. The molecular formula is C16H18BrN3O. The number of nitrogens with two attached hydrogens (primary N) is 1. The Balaban J connectivity index is 2.19. The minimum absolute atomic E-state index is 0.186. The maximum absolute atomic E-state index is 8.99. The van der Waals surface area contributed by atoms with Crippen LogP contribution in [0.3, 0.4) is 0 Å². The van der Waals surface area contributed by atoms with Crippen molar-refractivity contribution < 1.29 is 5.21 Å². The van der Waals surface area contributed by atoms with Gasteiger partial charge in [-0.05, 0) is 30.2 Å². The fraction of sp³-hybridized carbons (Fsp3) is 0.188. The third-order valence-electron chi connectivity index (χ3n) is 3.44. The summed E-state index contributed by atoms with van der Waals surface area (Å²) in [6.45, 7) is 2.59. The van der Waals surface area contributed by atoms with Gasteiger partial charge in [-0.15, -0.1) is 0 Å². The number of nitrogens with one attached hydrogen (secondary N) is 1. The van der Waals surface area contributed by atoms with Crippen LogP contribution >= 0.6 is 15.9 Å². The third-order valence-corrected chi connectivity index (χ3v) is 4.30. The predicted octanol–water partition coefficient (Wildman–Crippen LogP) is 3.70. The van der Waals surface area contributed by atoms with Crippen molar-refractivity contribution in [2.45, 2.75) is 12.8 Å². The van der Waals surface area contributed by atoms with Gasteiger partial charge >= 0.3 is 0 Å². The molecule has 5 heteroatoms. The number of amidine groups is 1. The first kappa shape index (κ1) is 15.4. The van der Waals surface area contributed by atoms with Crippen molar-refractivity contribution in [3.05, 3.63) is 64.1 Å². The lowest BCUT2D eigenvalue weighted by Crippen LogP contribution is -2.28. The molecule has 4 N–H and O–H groups in total. The van der Waals surface area contributed by atoms with Gasteiger partial charge in [0.05, 0.1) is 5.92 Å². The molecule has 0 aliphatic heterocycles. The zero-order valence-electron chi connectivity index (χ0n) is 11.8. The van der Waals surface area contributed by atoms with Crippen molar-refractivity contribution in [1.82, 2.24) is 0 Å². The fourth-order valence-corrected chi connectivity index (χ4v) is 2.53. The largest absolute Gasteiger partial charge is 0.409 e. The van der Waals surface area contributed by atoms with Gasteiger partial charge in [0.15, 0.2) is 0 Å². The van der Waals surface area contributed by atoms with Crippen molar-refractivity contribution in [2.24, 2.45) is 10.9 Å². The summed E-state index contributed by atoms with van der Waals surface area (Å²) in [6.07, 6.45) is 0. The van der Waals surface area contributed by atoms with E-state index >= 15 is 0 Å². The predicted molar refractivity (Wildman–Crippen MR) is 90.0 cm³/mol. The van der Waals surface area contributed by atoms with Crippen molar-refractivity contribution in [3.63, 3.8) is 0 Å². The minimum Gasteiger partial charge on any atom is -0.409 e. The number of rotatable bonds is 5. The Labute approximate surface area is 132 Å². The first-order valence-corrected chi connectivity index (χ1v) is 7.44. The molecule has 2 aromatic carbocycles. The van der Waals surface area contributed by atoms with E-state index in [9.17, 15) is 0 Å². The summed E-state index contributed by atoms with van der Waals surface area (Å²) in [5.41, 5.74) is 8.99. The molecule has 0 radical (unpaired) electrons. The average Bonchev–Trinajstić information content (AvgIpc) is 2.52. The standard InChI is InChI=1S/C16H18BrN3O/c1-11-14(17)8-5-9-15(11)19-10-13(16(18)20-21)12-6-3-2-4-7-12/h2-9,13,19,21H,10H2,1H3,(H2,18,20). The number of anilines is 1. The van der Waals surface area contributed by atoms with Crippen molar-refractivity contribution in [1.29, 1.82) is 0 Å². The number of halogens is 1. The second-order valence-electron chi connectivity index (χ2n) is 4.78. The summed E-state index contributed by atoms with van der Waals surface area (Å²) >= 11 is 3.51. The van der Waals surface area contributed by atoms with Crippen LogP contribution in [0.15, 0.2) is 58.2 Å². The quantitative estimate of drug-likeness (QED) is 0.334. The smallest absolute Gasteiger partial charge is 0.148 e. The van der Waals surface area contributed by atoms with E-state index in [2.05, 4.69) is 26.4 Å². The zero-order chi connectivity index (χ0) is 15.2. The maximum atomic E-state index is 8.99. The highest BCUT2D eigenvalue weighted by molar-refractivity contribution is 9.10. The molecule has 2 aromatic rings. The molecule has 110 valence electrons. The molecular weight excluding hydrogens is 330 g/mol. The van der Waals surface area contributed by atoms with Crippen LogP contribution in [0.5, 0.6) is 0 Å². The summed E-state index contributed by atoms with van der Waals surface area (Å²) < 4.78 is 1.05. The highest BCUT2D eigenvalue weighted by atomic mass is 79.9. The molecule has 0 amide bonds.